The van der Waals surface area contributed by atoms with E-state index >= 15 is 0 Å². The molecule has 0 radical (unpaired) electrons. The molecule has 0 aliphatic carbocycles. The zero-order chi connectivity index (χ0) is 12.3. The van der Waals surface area contributed by atoms with Gasteiger partial charge in [-0.25, -0.2) is 4.39 Å². The fourth-order valence-electron chi connectivity index (χ4n) is 1.56. The van der Waals surface area contributed by atoms with E-state index in [1.165, 1.54) is 12.1 Å². The molecule has 0 heterocycles. The average Bonchev–Trinajstić information content (AvgIpc) is 2.17. The van der Waals surface area contributed by atoms with Gasteiger partial charge in [0.2, 0.25) is 0 Å². The third-order valence-electron chi connectivity index (χ3n) is 2.89. The molecule has 0 nitrogen and oxygen atoms in total. The number of hydrogen-bond donors (Lipinski definition) is 0. The number of alkyl halides is 1. The van der Waals surface area contributed by atoms with E-state index in [0.717, 1.165) is 5.56 Å². The maximum Gasteiger partial charge on any atom is 0.123 e. The van der Waals surface area contributed by atoms with Crippen molar-refractivity contribution in [2.75, 3.05) is 5.88 Å². The van der Waals surface area contributed by atoms with E-state index in [1.807, 2.05) is 0 Å². The summed E-state index contributed by atoms with van der Waals surface area (Å²) in [6.07, 6.45) is 0.712. The van der Waals surface area contributed by atoms with Crippen LogP contribution < -0.4 is 0 Å². The summed E-state index contributed by atoms with van der Waals surface area (Å²) in [5.41, 5.74) is 0.930. The van der Waals surface area contributed by atoms with E-state index in [9.17, 15) is 4.39 Å². The maximum absolute atomic E-state index is 13.1. The Bertz CT molecular complexity index is 355. The Balaban J connectivity index is 2.90. The standard InChI is InChI=1S/C13H17Cl2F/c1-13(2,3)10(8-14)6-9-7-11(16)4-5-12(9)15/h4-5,7,10H,6,8H2,1-3H3. The molecular weight excluding hydrogens is 246 g/mol. The molecule has 0 saturated carbocycles. The normalized spacial score (nSPS) is 13.9. The largest absolute Gasteiger partial charge is 0.207 e. The molecule has 1 rings (SSSR count). The maximum atomic E-state index is 13.1. The van der Waals surface area contributed by atoms with Crippen molar-refractivity contribution in [1.29, 1.82) is 0 Å². The second-order valence-electron chi connectivity index (χ2n) is 5.16. The zero-order valence-corrected chi connectivity index (χ0v) is 11.4. The summed E-state index contributed by atoms with van der Waals surface area (Å²) in [5.74, 6) is 0.589. The Morgan fingerprint density at radius 1 is 1.31 bits per heavy atom. The Morgan fingerprint density at radius 3 is 2.44 bits per heavy atom. The Labute approximate surface area is 107 Å². The first kappa shape index (κ1) is 13.8. The third kappa shape index (κ3) is 3.64. The number of hydrogen-bond acceptors (Lipinski definition) is 0. The summed E-state index contributed by atoms with van der Waals surface area (Å²) >= 11 is 12.0. The number of rotatable bonds is 3. The van der Waals surface area contributed by atoms with Crippen LogP contribution in [0.5, 0.6) is 0 Å². The lowest BCUT2D eigenvalue weighted by atomic mass is 9.78. The van der Waals surface area contributed by atoms with Crippen LogP contribution in [0.1, 0.15) is 26.3 Å². The van der Waals surface area contributed by atoms with Gasteiger partial charge in [-0.2, -0.15) is 0 Å². The minimum Gasteiger partial charge on any atom is -0.207 e. The molecular formula is C13H17Cl2F. The highest BCUT2D eigenvalue weighted by molar-refractivity contribution is 6.31. The van der Waals surface area contributed by atoms with Crippen molar-refractivity contribution in [3.05, 3.63) is 34.6 Å². The molecule has 1 atom stereocenters. The predicted octanol–water partition coefficient (Wildman–Crippen LogP) is 4.92. The van der Waals surface area contributed by atoms with Gasteiger partial charge in [0.05, 0.1) is 0 Å². The van der Waals surface area contributed by atoms with Crippen LogP contribution in [0.25, 0.3) is 0 Å². The monoisotopic (exact) mass is 262 g/mol. The van der Waals surface area contributed by atoms with Crippen molar-refractivity contribution in [3.8, 4) is 0 Å². The molecule has 90 valence electrons. The van der Waals surface area contributed by atoms with E-state index in [-0.39, 0.29) is 17.2 Å². The van der Waals surface area contributed by atoms with E-state index in [1.54, 1.807) is 6.07 Å². The van der Waals surface area contributed by atoms with Crippen LogP contribution in [0.3, 0.4) is 0 Å². The molecule has 0 spiro atoms. The average molecular weight is 263 g/mol. The van der Waals surface area contributed by atoms with Crippen LogP contribution >= 0.6 is 23.2 Å². The van der Waals surface area contributed by atoms with Crippen LogP contribution in [0.15, 0.2) is 18.2 Å². The molecule has 1 aromatic rings. The SMILES string of the molecule is CC(C)(C)C(CCl)Cc1cc(F)ccc1Cl. The topological polar surface area (TPSA) is 0 Å². The van der Waals surface area contributed by atoms with Gasteiger partial charge in [-0.05, 0) is 41.5 Å². The van der Waals surface area contributed by atoms with Crippen LogP contribution in [0, 0.1) is 17.2 Å². The second-order valence-corrected chi connectivity index (χ2v) is 5.87. The van der Waals surface area contributed by atoms with Gasteiger partial charge < -0.3 is 0 Å². The Hall–Kier alpha value is -0.270. The van der Waals surface area contributed by atoms with Gasteiger partial charge in [-0.3, -0.25) is 0 Å². The summed E-state index contributed by atoms with van der Waals surface area (Å²) in [6.45, 7) is 6.40. The van der Waals surface area contributed by atoms with Gasteiger partial charge in [0.25, 0.3) is 0 Å². The van der Waals surface area contributed by atoms with Gasteiger partial charge in [-0.1, -0.05) is 32.4 Å². The van der Waals surface area contributed by atoms with E-state index in [0.29, 0.717) is 17.3 Å². The molecule has 0 aromatic heterocycles. The Morgan fingerprint density at radius 2 is 1.94 bits per heavy atom. The van der Waals surface area contributed by atoms with E-state index < -0.39 is 0 Å². The minimum absolute atomic E-state index is 0.0946. The Kier molecular flexibility index (Phi) is 4.63. The molecule has 16 heavy (non-hydrogen) atoms. The number of halogens is 3. The molecule has 3 heteroatoms. The summed E-state index contributed by atoms with van der Waals surface area (Å²) in [7, 11) is 0. The third-order valence-corrected chi connectivity index (χ3v) is 3.63. The first-order valence-corrected chi connectivity index (χ1v) is 6.25. The fourth-order valence-corrected chi connectivity index (χ4v) is 2.32. The summed E-state index contributed by atoms with van der Waals surface area (Å²) in [5, 5.41) is 0.612. The van der Waals surface area contributed by atoms with Crippen molar-refractivity contribution in [3.63, 3.8) is 0 Å². The molecule has 0 aliphatic rings. The van der Waals surface area contributed by atoms with Crippen molar-refractivity contribution in [2.24, 2.45) is 11.3 Å². The lowest BCUT2D eigenvalue weighted by molar-refractivity contribution is 0.263. The summed E-state index contributed by atoms with van der Waals surface area (Å²) in [4.78, 5) is 0. The van der Waals surface area contributed by atoms with Crippen LogP contribution in [0.2, 0.25) is 5.02 Å². The van der Waals surface area contributed by atoms with Crippen molar-refractivity contribution in [2.45, 2.75) is 27.2 Å². The van der Waals surface area contributed by atoms with Gasteiger partial charge in [-0.15, -0.1) is 11.6 Å². The van der Waals surface area contributed by atoms with Crippen LogP contribution in [-0.2, 0) is 6.42 Å². The molecule has 0 fully saturated rings. The highest BCUT2D eigenvalue weighted by Gasteiger charge is 2.24. The summed E-state index contributed by atoms with van der Waals surface area (Å²) < 4.78 is 13.1. The van der Waals surface area contributed by atoms with E-state index in [2.05, 4.69) is 20.8 Å². The molecule has 0 aliphatic heterocycles. The first-order chi connectivity index (χ1) is 7.34. The molecule has 0 amide bonds. The minimum atomic E-state index is -0.248. The highest BCUT2D eigenvalue weighted by Crippen LogP contribution is 2.32. The fraction of sp³-hybridized carbons (Fsp3) is 0.538. The lowest BCUT2D eigenvalue weighted by Crippen LogP contribution is -2.24. The van der Waals surface area contributed by atoms with Crippen molar-refractivity contribution in [1.82, 2.24) is 0 Å². The van der Waals surface area contributed by atoms with Crippen molar-refractivity contribution >= 4 is 23.2 Å². The van der Waals surface area contributed by atoms with Gasteiger partial charge in [0.15, 0.2) is 0 Å². The molecule has 0 N–H and O–H groups in total. The quantitative estimate of drug-likeness (QED) is 0.679. The molecule has 1 aromatic carbocycles. The lowest BCUT2D eigenvalue weighted by Gasteiger charge is -2.29. The first-order valence-electron chi connectivity index (χ1n) is 5.34. The van der Waals surface area contributed by atoms with Gasteiger partial charge in [0, 0.05) is 10.9 Å². The van der Waals surface area contributed by atoms with Crippen molar-refractivity contribution < 1.29 is 4.39 Å². The molecule has 0 saturated heterocycles. The van der Waals surface area contributed by atoms with E-state index in [4.69, 9.17) is 23.2 Å². The molecule has 1 unspecified atom stereocenters. The molecule has 0 bridgehead atoms. The highest BCUT2D eigenvalue weighted by atomic mass is 35.5. The second kappa shape index (κ2) is 5.37. The predicted molar refractivity (Wildman–Crippen MR) is 68.8 cm³/mol. The van der Waals surface area contributed by atoms with Crippen LogP contribution in [-0.4, -0.2) is 5.88 Å². The smallest absolute Gasteiger partial charge is 0.123 e. The number of benzene rings is 1. The van der Waals surface area contributed by atoms with Crippen LogP contribution in [0.4, 0.5) is 4.39 Å². The van der Waals surface area contributed by atoms with Gasteiger partial charge >= 0.3 is 0 Å². The zero-order valence-electron chi connectivity index (χ0n) is 9.86. The van der Waals surface area contributed by atoms with Gasteiger partial charge in [0.1, 0.15) is 5.82 Å². The summed E-state index contributed by atoms with van der Waals surface area (Å²) in [6, 6.07) is 4.46.